The van der Waals surface area contributed by atoms with E-state index in [2.05, 4.69) is 10.6 Å². The number of rotatable bonds is 7. The lowest BCUT2D eigenvalue weighted by Crippen LogP contribution is -2.42. The van der Waals surface area contributed by atoms with Crippen molar-refractivity contribution in [2.45, 2.75) is 45.7 Å². The Hall–Kier alpha value is -2.37. The van der Waals surface area contributed by atoms with Gasteiger partial charge < -0.3 is 16.4 Å². The molecule has 4 N–H and O–H groups in total. The van der Waals surface area contributed by atoms with Crippen molar-refractivity contribution in [3.05, 3.63) is 65.7 Å². The summed E-state index contributed by atoms with van der Waals surface area (Å²) in [5.41, 5.74) is 8.08. The second kappa shape index (κ2) is 10.2. The molecule has 0 aromatic heterocycles. The van der Waals surface area contributed by atoms with E-state index in [-0.39, 0.29) is 41.7 Å². The van der Waals surface area contributed by atoms with Crippen molar-refractivity contribution in [1.82, 2.24) is 5.32 Å². The second-order valence-corrected chi connectivity index (χ2v) is 7.48. The summed E-state index contributed by atoms with van der Waals surface area (Å²) >= 11 is 0. The molecule has 2 aromatic rings. The zero-order valence-electron chi connectivity index (χ0n) is 16.9. The Morgan fingerprint density at radius 3 is 2.14 bits per heavy atom. The summed E-state index contributed by atoms with van der Waals surface area (Å²) in [4.78, 5) is 24.8. The molecule has 0 radical (unpaired) electrons. The highest BCUT2D eigenvalue weighted by molar-refractivity contribution is 5.96. The molecule has 28 heavy (non-hydrogen) atoms. The first-order valence-electron chi connectivity index (χ1n) is 9.27. The van der Waals surface area contributed by atoms with Crippen LogP contribution in [0.15, 0.2) is 54.6 Å². The van der Waals surface area contributed by atoms with Gasteiger partial charge in [0.15, 0.2) is 0 Å². The van der Waals surface area contributed by atoms with Crippen LogP contribution in [0.25, 0.3) is 0 Å². The number of anilines is 1. The maximum absolute atomic E-state index is 12.5. The van der Waals surface area contributed by atoms with Crippen LogP contribution in [0.5, 0.6) is 0 Å². The van der Waals surface area contributed by atoms with E-state index in [0.29, 0.717) is 11.3 Å². The molecule has 0 aliphatic rings. The van der Waals surface area contributed by atoms with Gasteiger partial charge in [-0.15, -0.1) is 12.4 Å². The normalized spacial score (nSPS) is 13.0. The first-order chi connectivity index (χ1) is 12.7. The molecule has 2 aromatic carbocycles. The van der Waals surface area contributed by atoms with Gasteiger partial charge in [-0.3, -0.25) is 9.59 Å². The highest BCUT2D eigenvalue weighted by Gasteiger charge is 2.22. The highest BCUT2D eigenvalue weighted by Crippen LogP contribution is 2.21. The minimum absolute atomic E-state index is 0. The first-order valence-corrected chi connectivity index (χ1v) is 9.27. The number of amides is 2. The smallest absolute Gasteiger partial charge is 0.251 e. The summed E-state index contributed by atoms with van der Waals surface area (Å²) in [6.07, 6.45) is 0.840. The molecule has 0 saturated carbocycles. The fourth-order valence-electron chi connectivity index (χ4n) is 2.56. The zero-order valence-corrected chi connectivity index (χ0v) is 17.7. The average molecular weight is 404 g/mol. The number of carbonyl (C=O) groups is 2. The van der Waals surface area contributed by atoms with Crippen LogP contribution >= 0.6 is 12.4 Å². The number of nitrogens with two attached hydrogens (primary N) is 1. The van der Waals surface area contributed by atoms with Crippen LogP contribution in [0, 0.1) is 5.92 Å². The third-order valence-electron chi connectivity index (χ3n) is 4.89. The van der Waals surface area contributed by atoms with Gasteiger partial charge in [0, 0.05) is 22.8 Å². The molecule has 0 heterocycles. The Bertz CT molecular complexity index is 776. The number of carbonyl (C=O) groups excluding carboxylic acids is 2. The third-order valence-corrected chi connectivity index (χ3v) is 4.89. The molecule has 0 bridgehead atoms. The molecule has 5 nitrogen and oxygen atoms in total. The van der Waals surface area contributed by atoms with E-state index < -0.39 is 0 Å². The van der Waals surface area contributed by atoms with E-state index >= 15 is 0 Å². The molecular formula is C22H30ClN3O2. The first kappa shape index (κ1) is 23.7. The van der Waals surface area contributed by atoms with E-state index in [4.69, 9.17) is 5.73 Å². The molecule has 2 amide bonds. The van der Waals surface area contributed by atoms with Crippen LogP contribution in [0.1, 0.15) is 56.1 Å². The van der Waals surface area contributed by atoms with Gasteiger partial charge in [0.25, 0.3) is 5.91 Å². The fraction of sp³-hybridized carbons (Fsp3) is 0.364. The summed E-state index contributed by atoms with van der Waals surface area (Å²) in [6.45, 7) is 7.80. The predicted molar refractivity (Wildman–Crippen MR) is 117 cm³/mol. The highest BCUT2D eigenvalue weighted by atomic mass is 35.5. The minimum atomic E-state index is -0.388. The molecular weight excluding hydrogens is 374 g/mol. The maximum atomic E-state index is 12.5. The lowest BCUT2D eigenvalue weighted by Gasteiger charge is -2.24. The Balaban J connectivity index is 0.00000392. The second-order valence-electron chi connectivity index (χ2n) is 7.48. The fourth-order valence-corrected chi connectivity index (χ4v) is 2.56. The molecule has 6 heteroatoms. The summed E-state index contributed by atoms with van der Waals surface area (Å²) in [5.74, 6) is -0.671. The van der Waals surface area contributed by atoms with Crippen molar-refractivity contribution in [2.75, 3.05) is 5.32 Å². The van der Waals surface area contributed by atoms with Crippen molar-refractivity contribution in [3.63, 3.8) is 0 Å². The molecule has 0 fully saturated rings. The molecule has 2 rings (SSSR count). The van der Waals surface area contributed by atoms with E-state index in [0.717, 1.165) is 12.0 Å². The Morgan fingerprint density at radius 2 is 1.61 bits per heavy atom. The summed E-state index contributed by atoms with van der Waals surface area (Å²) in [5, 5.41) is 5.86. The van der Waals surface area contributed by atoms with Gasteiger partial charge in [-0.05, 0) is 50.1 Å². The molecule has 0 aliphatic heterocycles. The molecule has 0 aliphatic carbocycles. The lowest BCUT2D eigenvalue weighted by atomic mass is 9.94. The molecule has 0 spiro atoms. The molecule has 0 saturated heterocycles. The lowest BCUT2D eigenvalue weighted by molar-refractivity contribution is -0.120. The average Bonchev–Trinajstić information content (AvgIpc) is 2.67. The monoisotopic (exact) mass is 403 g/mol. The Morgan fingerprint density at radius 1 is 1.04 bits per heavy atom. The van der Waals surface area contributed by atoms with Gasteiger partial charge in [-0.2, -0.15) is 0 Å². The Labute approximate surface area is 173 Å². The van der Waals surface area contributed by atoms with Gasteiger partial charge in [-0.25, -0.2) is 0 Å². The van der Waals surface area contributed by atoms with Crippen molar-refractivity contribution >= 4 is 29.9 Å². The molecule has 2 atom stereocenters. The number of halogens is 1. The van der Waals surface area contributed by atoms with Gasteiger partial charge in [0.1, 0.15) is 0 Å². The SMILES string of the molecule is CCC(C)(C)NC(=O)c1ccc(NC(=O)C(C)C(N)c2ccccc2)cc1.Cl. The summed E-state index contributed by atoms with van der Waals surface area (Å²) < 4.78 is 0. The zero-order chi connectivity index (χ0) is 20.0. The standard InChI is InChI=1S/C22H29N3O2.ClH/c1-5-22(3,4)25-21(27)17-11-13-18(14-12-17)24-20(26)15(2)19(23)16-9-7-6-8-10-16;/h6-15,19H,5,23H2,1-4H3,(H,24,26)(H,25,27);1H. The predicted octanol–water partition coefficient (Wildman–Crippen LogP) is 4.30. The molecule has 152 valence electrons. The van der Waals surface area contributed by atoms with Gasteiger partial charge in [-0.1, -0.05) is 44.2 Å². The largest absolute Gasteiger partial charge is 0.347 e. The van der Waals surface area contributed by atoms with E-state index in [1.807, 2.05) is 58.0 Å². The number of hydrogen-bond acceptors (Lipinski definition) is 3. The van der Waals surface area contributed by atoms with Gasteiger partial charge in [0.2, 0.25) is 5.91 Å². The van der Waals surface area contributed by atoms with E-state index in [1.165, 1.54) is 0 Å². The minimum Gasteiger partial charge on any atom is -0.347 e. The number of nitrogens with one attached hydrogen (secondary N) is 2. The van der Waals surface area contributed by atoms with Gasteiger partial charge >= 0.3 is 0 Å². The van der Waals surface area contributed by atoms with Crippen molar-refractivity contribution in [2.24, 2.45) is 11.7 Å². The summed E-state index contributed by atoms with van der Waals surface area (Å²) in [7, 11) is 0. The molecule has 2 unspecified atom stereocenters. The van der Waals surface area contributed by atoms with Crippen LogP contribution in [-0.4, -0.2) is 17.4 Å². The van der Waals surface area contributed by atoms with Crippen molar-refractivity contribution < 1.29 is 9.59 Å². The van der Waals surface area contributed by atoms with E-state index in [9.17, 15) is 9.59 Å². The maximum Gasteiger partial charge on any atom is 0.251 e. The topological polar surface area (TPSA) is 84.2 Å². The van der Waals surface area contributed by atoms with Crippen LogP contribution in [0.2, 0.25) is 0 Å². The van der Waals surface area contributed by atoms with Crippen LogP contribution < -0.4 is 16.4 Å². The van der Waals surface area contributed by atoms with Crippen molar-refractivity contribution in [1.29, 1.82) is 0 Å². The van der Waals surface area contributed by atoms with Crippen LogP contribution in [0.4, 0.5) is 5.69 Å². The van der Waals surface area contributed by atoms with E-state index in [1.54, 1.807) is 24.3 Å². The quantitative estimate of drug-likeness (QED) is 0.644. The van der Waals surface area contributed by atoms with Crippen LogP contribution in [0.3, 0.4) is 0 Å². The number of hydrogen-bond donors (Lipinski definition) is 3. The number of benzene rings is 2. The third kappa shape index (κ3) is 6.36. The van der Waals surface area contributed by atoms with Crippen molar-refractivity contribution in [3.8, 4) is 0 Å². The summed E-state index contributed by atoms with van der Waals surface area (Å²) in [6, 6.07) is 16.1. The van der Waals surface area contributed by atoms with Gasteiger partial charge in [0.05, 0.1) is 5.92 Å². The Kier molecular flexibility index (Phi) is 8.66. The van der Waals surface area contributed by atoms with Crippen LogP contribution in [-0.2, 0) is 4.79 Å².